The van der Waals surface area contributed by atoms with Crippen molar-refractivity contribution in [3.63, 3.8) is 0 Å². The Balaban J connectivity index is 1.16. The molecular formula is C27H36N8O3. The molecule has 11 heteroatoms. The van der Waals surface area contributed by atoms with E-state index in [-0.39, 0.29) is 23.9 Å². The van der Waals surface area contributed by atoms with Gasteiger partial charge in [0.1, 0.15) is 17.7 Å². The molecule has 2 N–H and O–H groups in total. The van der Waals surface area contributed by atoms with E-state index in [9.17, 15) is 9.59 Å². The summed E-state index contributed by atoms with van der Waals surface area (Å²) in [5, 5.41) is 6.75. The van der Waals surface area contributed by atoms with Crippen molar-refractivity contribution in [1.29, 1.82) is 0 Å². The minimum absolute atomic E-state index is 0.0176. The van der Waals surface area contributed by atoms with E-state index >= 15 is 0 Å². The summed E-state index contributed by atoms with van der Waals surface area (Å²) in [5.74, 6) is 1.92. The molecule has 1 aliphatic carbocycles. The van der Waals surface area contributed by atoms with Gasteiger partial charge in [-0.2, -0.15) is 4.98 Å². The van der Waals surface area contributed by atoms with E-state index < -0.39 is 0 Å². The van der Waals surface area contributed by atoms with E-state index in [1.165, 1.54) is 12.8 Å². The summed E-state index contributed by atoms with van der Waals surface area (Å²) in [6.07, 6.45) is 9.42. The molecule has 2 saturated heterocycles. The number of ether oxygens (including phenoxy) is 1. The summed E-state index contributed by atoms with van der Waals surface area (Å²) in [4.78, 5) is 45.8. The number of fused-ring (bicyclic) bond motifs is 3. The number of morpholine rings is 1. The van der Waals surface area contributed by atoms with Crippen LogP contribution in [0.15, 0.2) is 24.5 Å². The van der Waals surface area contributed by atoms with Crippen molar-refractivity contribution >= 4 is 29.4 Å². The molecule has 0 spiro atoms. The molecule has 0 radical (unpaired) electrons. The second kappa shape index (κ2) is 10.5. The SMILES string of the molecule is CN(C)C(=O)C1Cc2cnc(Nc3ccc(C(=O)N4CCC5COCC(C4)N5)cn3)nc2N1C1CCCC1. The van der Waals surface area contributed by atoms with Crippen LogP contribution in [-0.2, 0) is 16.0 Å². The van der Waals surface area contributed by atoms with Crippen LogP contribution < -0.4 is 15.5 Å². The summed E-state index contributed by atoms with van der Waals surface area (Å²) < 4.78 is 5.66. The molecule has 202 valence electrons. The molecule has 3 atom stereocenters. The summed E-state index contributed by atoms with van der Waals surface area (Å²) in [6, 6.07) is 4.14. The maximum atomic E-state index is 13.2. The maximum absolute atomic E-state index is 13.2. The van der Waals surface area contributed by atoms with Crippen molar-refractivity contribution in [2.24, 2.45) is 0 Å². The Morgan fingerprint density at radius 2 is 1.89 bits per heavy atom. The first-order valence-electron chi connectivity index (χ1n) is 13.7. The van der Waals surface area contributed by atoms with Gasteiger partial charge in [-0.25, -0.2) is 9.97 Å². The summed E-state index contributed by atoms with van der Waals surface area (Å²) in [7, 11) is 3.61. The summed E-state index contributed by atoms with van der Waals surface area (Å²) in [5.41, 5.74) is 1.55. The van der Waals surface area contributed by atoms with Crippen molar-refractivity contribution in [1.82, 2.24) is 30.1 Å². The van der Waals surface area contributed by atoms with Gasteiger partial charge in [0.2, 0.25) is 11.9 Å². The van der Waals surface area contributed by atoms with Crippen LogP contribution >= 0.6 is 0 Å². The number of anilines is 3. The molecule has 2 aromatic rings. The van der Waals surface area contributed by atoms with E-state index in [1.807, 2.05) is 11.1 Å². The second-order valence-electron chi connectivity index (χ2n) is 11.0. The Morgan fingerprint density at radius 3 is 2.66 bits per heavy atom. The van der Waals surface area contributed by atoms with Crippen LogP contribution in [0.25, 0.3) is 0 Å². The first-order chi connectivity index (χ1) is 18.5. The van der Waals surface area contributed by atoms with Gasteiger partial charge in [-0.15, -0.1) is 0 Å². The number of nitrogens with one attached hydrogen (secondary N) is 2. The summed E-state index contributed by atoms with van der Waals surface area (Å²) >= 11 is 0. The van der Waals surface area contributed by atoms with Gasteiger partial charge in [0.25, 0.3) is 5.91 Å². The Hall–Kier alpha value is -3.31. The molecule has 1 saturated carbocycles. The number of rotatable bonds is 5. The highest BCUT2D eigenvalue weighted by Crippen LogP contribution is 2.38. The zero-order chi connectivity index (χ0) is 26.2. The van der Waals surface area contributed by atoms with Crippen LogP contribution in [-0.4, -0.2) is 101 Å². The number of likely N-dealkylation sites (N-methyl/N-ethyl adjacent to an activating group) is 1. The number of hydrogen-bond acceptors (Lipinski definition) is 9. The Kier molecular flexibility index (Phi) is 6.87. The number of carbonyl (C=O) groups is 2. The summed E-state index contributed by atoms with van der Waals surface area (Å²) in [6.45, 7) is 2.67. The maximum Gasteiger partial charge on any atom is 0.255 e. The van der Waals surface area contributed by atoms with Gasteiger partial charge in [0, 0.05) is 69.7 Å². The van der Waals surface area contributed by atoms with Gasteiger partial charge in [-0.05, 0) is 31.4 Å². The first kappa shape index (κ1) is 25.0. The molecule has 2 aromatic heterocycles. The van der Waals surface area contributed by atoms with E-state index in [0.29, 0.717) is 62.1 Å². The number of aromatic nitrogens is 3. The highest BCUT2D eigenvalue weighted by atomic mass is 16.5. The molecule has 11 nitrogen and oxygen atoms in total. The average Bonchev–Trinajstić information content (AvgIpc) is 3.55. The van der Waals surface area contributed by atoms with Crippen LogP contribution in [0.5, 0.6) is 0 Å². The molecular weight excluding hydrogens is 484 g/mol. The van der Waals surface area contributed by atoms with Crippen molar-refractivity contribution in [3.05, 3.63) is 35.7 Å². The highest BCUT2D eigenvalue weighted by molar-refractivity contribution is 5.94. The van der Waals surface area contributed by atoms with Gasteiger partial charge in [-0.3, -0.25) is 9.59 Å². The van der Waals surface area contributed by atoms with Gasteiger partial charge in [-0.1, -0.05) is 12.8 Å². The van der Waals surface area contributed by atoms with Crippen molar-refractivity contribution in [3.8, 4) is 0 Å². The lowest BCUT2D eigenvalue weighted by molar-refractivity contribution is -0.130. The lowest BCUT2D eigenvalue weighted by Gasteiger charge is -2.33. The van der Waals surface area contributed by atoms with Crippen LogP contribution in [0.3, 0.4) is 0 Å². The Labute approximate surface area is 223 Å². The molecule has 2 bridgehead atoms. The lowest BCUT2D eigenvalue weighted by Crippen LogP contribution is -2.50. The minimum atomic E-state index is -0.240. The number of pyridine rings is 1. The minimum Gasteiger partial charge on any atom is -0.378 e. The smallest absolute Gasteiger partial charge is 0.255 e. The van der Waals surface area contributed by atoms with Gasteiger partial charge in [0.05, 0.1) is 18.8 Å². The number of amides is 2. The Morgan fingerprint density at radius 1 is 1.08 bits per heavy atom. The molecule has 4 aliphatic rings. The van der Waals surface area contributed by atoms with E-state index in [2.05, 4.69) is 25.5 Å². The predicted octanol–water partition coefficient (Wildman–Crippen LogP) is 1.58. The van der Waals surface area contributed by atoms with Crippen molar-refractivity contribution in [2.45, 2.75) is 62.7 Å². The van der Waals surface area contributed by atoms with Crippen molar-refractivity contribution in [2.75, 3.05) is 50.6 Å². The zero-order valence-electron chi connectivity index (χ0n) is 22.1. The third-order valence-electron chi connectivity index (χ3n) is 8.11. The topological polar surface area (TPSA) is 116 Å². The number of nitrogens with zero attached hydrogens (tertiary/aromatic N) is 6. The van der Waals surface area contributed by atoms with E-state index in [1.54, 1.807) is 37.3 Å². The number of hydrogen-bond donors (Lipinski definition) is 2. The van der Waals surface area contributed by atoms with Gasteiger partial charge in [0.15, 0.2) is 0 Å². The van der Waals surface area contributed by atoms with Crippen LogP contribution in [0.4, 0.5) is 17.6 Å². The third-order valence-corrected chi connectivity index (χ3v) is 8.11. The Bertz CT molecular complexity index is 1180. The van der Waals surface area contributed by atoms with E-state index in [0.717, 1.165) is 30.6 Å². The normalized spacial score (nSPS) is 25.2. The van der Waals surface area contributed by atoms with Crippen LogP contribution in [0.1, 0.15) is 48.0 Å². The molecule has 38 heavy (non-hydrogen) atoms. The van der Waals surface area contributed by atoms with E-state index in [4.69, 9.17) is 9.72 Å². The van der Waals surface area contributed by atoms with Gasteiger partial charge >= 0.3 is 0 Å². The molecule has 6 rings (SSSR count). The molecule has 2 amide bonds. The fraction of sp³-hybridized carbons (Fsp3) is 0.593. The number of carbonyl (C=O) groups excluding carboxylic acids is 2. The molecule has 3 aliphatic heterocycles. The van der Waals surface area contributed by atoms with Crippen LogP contribution in [0, 0.1) is 0 Å². The molecule has 3 unspecified atom stereocenters. The lowest BCUT2D eigenvalue weighted by atomic mass is 10.1. The highest BCUT2D eigenvalue weighted by Gasteiger charge is 2.41. The fourth-order valence-electron chi connectivity index (χ4n) is 6.19. The largest absolute Gasteiger partial charge is 0.378 e. The molecule has 0 aromatic carbocycles. The molecule has 5 heterocycles. The second-order valence-corrected chi connectivity index (χ2v) is 11.0. The predicted molar refractivity (Wildman–Crippen MR) is 143 cm³/mol. The van der Waals surface area contributed by atoms with Crippen molar-refractivity contribution < 1.29 is 14.3 Å². The third kappa shape index (κ3) is 4.92. The first-order valence-corrected chi connectivity index (χ1v) is 13.7. The van der Waals surface area contributed by atoms with Gasteiger partial charge < -0.3 is 30.1 Å². The monoisotopic (exact) mass is 520 g/mol. The standard InChI is InChI=1S/C27H36N8O3/c1-33(2)26(37)22-11-18-13-29-27(32-24(18)35(22)21-5-3-4-6-21)31-23-8-7-17(12-28-23)25(36)34-10-9-19-15-38-16-20(14-34)30-19/h7-8,12-13,19-22,30H,3-6,9-11,14-16H2,1-2H3,(H,28,29,31,32). The zero-order valence-corrected chi connectivity index (χ0v) is 22.1. The average molecular weight is 521 g/mol. The fourth-order valence-corrected chi connectivity index (χ4v) is 6.19. The molecule has 3 fully saturated rings. The van der Waals surface area contributed by atoms with Crippen LogP contribution in [0.2, 0.25) is 0 Å². The quantitative estimate of drug-likeness (QED) is 0.606.